The molecule has 0 unspecified atom stereocenters. The third-order valence-electron chi connectivity index (χ3n) is 3.92. The number of aryl methyl sites for hydroxylation is 1. The largest absolute Gasteiger partial charge is 0.467 e. The zero-order chi connectivity index (χ0) is 16.5. The average molecular weight is 338 g/mol. The van der Waals surface area contributed by atoms with Crippen molar-refractivity contribution in [1.29, 1.82) is 0 Å². The van der Waals surface area contributed by atoms with Gasteiger partial charge < -0.3 is 9.73 Å². The van der Waals surface area contributed by atoms with E-state index in [-0.39, 0.29) is 0 Å². The molecule has 0 aliphatic rings. The van der Waals surface area contributed by atoms with Crippen molar-refractivity contribution in [1.82, 2.24) is 9.38 Å². The minimum absolute atomic E-state index is 0.576. The highest BCUT2D eigenvalue weighted by atomic mass is 35.5. The lowest BCUT2D eigenvalue weighted by Gasteiger charge is -2.08. The standard InChI is InChI=1S/C19H16ClN3O/c1-13-4-6-14(7-5-13)18-19(21-11-16-3-2-10-24-16)23-12-15(20)8-9-17(23)22-18/h2-10,12,21H,11H2,1H3. The highest BCUT2D eigenvalue weighted by Gasteiger charge is 2.14. The molecule has 0 saturated carbocycles. The molecule has 1 aromatic carbocycles. The number of rotatable bonds is 4. The number of hydrogen-bond acceptors (Lipinski definition) is 3. The van der Waals surface area contributed by atoms with Gasteiger partial charge in [-0.2, -0.15) is 0 Å². The number of pyridine rings is 1. The first-order chi connectivity index (χ1) is 11.7. The predicted octanol–water partition coefficient (Wildman–Crippen LogP) is 5.17. The molecule has 0 amide bonds. The van der Waals surface area contributed by atoms with Gasteiger partial charge in [0.2, 0.25) is 0 Å². The predicted molar refractivity (Wildman–Crippen MR) is 96.4 cm³/mol. The molecule has 0 fully saturated rings. The van der Waals surface area contributed by atoms with Crippen molar-refractivity contribution in [2.24, 2.45) is 0 Å². The third-order valence-corrected chi connectivity index (χ3v) is 4.14. The number of hydrogen-bond donors (Lipinski definition) is 1. The molecule has 3 heterocycles. The summed E-state index contributed by atoms with van der Waals surface area (Å²) in [5, 5.41) is 4.09. The maximum atomic E-state index is 6.17. The van der Waals surface area contributed by atoms with E-state index in [9.17, 15) is 0 Å². The third kappa shape index (κ3) is 2.76. The van der Waals surface area contributed by atoms with E-state index in [0.29, 0.717) is 11.6 Å². The zero-order valence-corrected chi connectivity index (χ0v) is 13.9. The molecule has 4 rings (SSSR count). The van der Waals surface area contributed by atoms with Crippen molar-refractivity contribution >= 4 is 23.1 Å². The summed E-state index contributed by atoms with van der Waals surface area (Å²) >= 11 is 6.17. The van der Waals surface area contributed by atoms with Crippen molar-refractivity contribution in [2.75, 3.05) is 5.32 Å². The highest BCUT2D eigenvalue weighted by molar-refractivity contribution is 6.30. The number of nitrogens with one attached hydrogen (secondary N) is 1. The van der Waals surface area contributed by atoms with Gasteiger partial charge in [0.15, 0.2) is 0 Å². The van der Waals surface area contributed by atoms with Crippen molar-refractivity contribution in [3.63, 3.8) is 0 Å². The number of benzene rings is 1. The van der Waals surface area contributed by atoms with Gasteiger partial charge >= 0.3 is 0 Å². The van der Waals surface area contributed by atoms with Crippen molar-refractivity contribution in [3.05, 3.63) is 77.3 Å². The second kappa shape index (κ2) is 6.06. The summed E-state index contributed by atoms with van der Waals surface area (Å²) in [4.78, 5) is 4.76. The number of imidazole rings is 1. The Morgan fingerprint density at radius 2 is 1.96 bits per heavy atom. The molecular formula is C19H16ClN3O. The molecule has 4 aromatic rings. The smallest absolute Gasteiger partial charge is 0.139 e. The number of fused-ring (bicyclic) bond motifs is 1. The van der Waals surface area contributed by atoms with Gasteiger partial charge in [-0.1, -0.05) is 41.4 Å². The van der Waals surface area contributed by atoms with Crippen LogP contribution in [0.4, 0.5) is 5.82 Å². The van der Waals surface area contributed by atoms with Gasteiger partial charge in [-0.3, -0.25) is 4.40 Å². The number of halogens is 1. The molecule has 0 aliphatic carbocycles. The molecule has 0 atom stereocenters. The zero-order valence-electron chi connectivity index (χ0n) is 13.2. The molecule has 0 spiro atoms. The quantitative estimate of drug-likeness (QED) is 0.558. The van der Waals surface area contributed by atoms with Crippen LogP contribution in [0.3, 0.4) is 0 Å². The van der Waals surface area contributed by atoms with Crippen LogP contribution in [0.5, 0.6) is 0 Å². The lowest BCUT2D eigenvalue weighted by Crippen LogP contribution is -2.02. The van der Waals surface area contributed by atoms with Crippen molar-refractivity contribution in [2.45, 2.75) is 13.5 Å². The normalized spacial score (nSPS) is 11.1. The van der Waals surface area contributed by atoms with E-state index in [4.69, 9.17) is 21.0 Å². The summed E-state index contributed by atoms with van der Waals surface area (Å²) < 4.78 is 7.38. The van der Waals surface area contributed by atoms with E-state index in [1.807, 2.05) is 34.9 Å². The van der Waals surface area contributed by atoms with Gasteiger partial charge in [0.25, 0.3) is 0 Å². The summed E-state index contributed by atoms with van der Waals surface area (Å²) in [6.45, 7) is 2.65. The lowest BCUT2D eigenvalue weighted by atomic mass is 10.1. The number of anilines is 1. The number of aromatic nitrogens is 2. The second-order valence-corrected chi connectivity index (χ2v) is 6.12. The first kappa shape index (κ1) is 14.8. The Hall–Kier alpha value is -2.72. The van der Waals surface area contributed by atoms with Crippen LogP contribution in [0, 0.1) is 6.92 Å². The van der Waals surface area contributed by atoms with Gasteiger partial charge in [0.1, 0.15) is 22.9 Å². The Balaban J connectivity index is 1.81. The summed E-state index contributed by atoms with van der Waals surface area (Å²) in [5.41, 5.74) is 4.01. The maximum Gasteiger partial charge on any atom is 0.139 e. The molecule has 1 N–H and O–H groups in total. The fraction of sp³-hybridized carbons (Fsp3) is 0.105. The number of furan rings is 1. The van der Waals surface area contributed by atoms with E-state index >= 15 is 0 Å². The highest BCUT2D eigenvalue weighted by Crippen LogP contribution is 2.30. The molecule has 0 bridgehead atoms. The Bertz CT molecular complexity index is 972. The van der Waals surface area contributed by atoms with Gasteiger partial charge in [-0.15, -0.1) is 0 Å². The molecule has 0 aliphatic heterocycles. The van der Waals surface area contributed by atoms with Gasteiger partial charge in [0.05, 0.1) is 17.8 Å². The second-order valence-electron chi connectivity index (χ2n) is 5.68. The van der Waals surface area contributed by atoms with Crippen LogP contribution in [-0.2, 0) is 6.54 Å². The van der Waals surface area contributed by atoms with Crippen LogP contribution >= 0.6 is 11.6 Å². The molecule has 5 heteroatoms. The molecule has 3 aromatic heterocycles. The summed E-state index contributed by atoms with van der Waals surface area (Å²) in [6.07, 6.45) is 3.54. The molecule has 4 nitrogen and oxygen atoms in total. The van der Waals surface area contributed by atoms with Crippen LogP contribution in [0.15, 0.2) is 65.4 Å². The van der Waals surface area contributed by atoms with E-state index < -0.39 is 0 Å². The van der Waals surface area contributed by atoms with Gasteiger partial charge in [0, 0.05) is 11.8 Å². The van der Waals surface area contributed by atoms with Gasteiger partial charge in [-0.05, 0) is 31.2 Å². The average Bonchev–Trinajstić information content (AvgIpc) is 3.21. The fourth-order valence-corrected chi connectivity index (χ4v) is 2.84. The van der Waals surface area contributed by atoms with Crippen LogP contribution in [0.2, 0.25) is 5.02 Å². The van der Waals surface area contributed by atoms with E-state index in [1.165, 1.54) is 5.56 Å². The van der Waals surface area contributed by atoms with Crippen LogP contribution in [0.25, 0.3) is 16.9 Å². The van der Waals surface area contributed by atoms with Gasteiger partial charge in [-0.25, -0.2) is 4.98 Å². The monoisotopic (exact) mass is 337 g/mol. The van der Waals surface area contributed by atoms with E-state index in [1.54, 1.807) is 6.26 Å². The van der Waals surface area contributed by atoms with Crippen LogP contribution in [-0.4, -0.2) is 9.38 Å². The van der Waals surface area contributed by atoms with Crippen LogP contribution < -0.4 is 5.32 Å². The summed E-state index contributed by atoms with van der Waals surface area (Å²) in [5.74, 6) is 1.76. The Morgan fingerprint density at radius 1 is 1.12 bits per heavy atom. The Morgan fingerprint density at radius 3 is 2.71 bits per heavy atom. The maximum absolute atomic E-state index is 6.17. The molecule has 120 valence electrons. The topological polar surface area (TPSA) is 42.5 Å². The summed E-state index contributed by atoms with van der Waals surface area (Å²) in [6, 6.07) is 15.9. The Labute approximate surface area is 144 Å². The van der Waals surface area contributed by atoms with E-state index in [0.717, 1.165) is 28.5 Å². The minimum Gasteiger partial charge on any atom is -0.467 e. The van der Waals surface area contributed by atoms with Crippen LogP contribution in [0.1, 0.15) is 11.3 Å². The van der Waals surface area contributed by atoms with Crippen molar-refractivity contribution < 1.29 is 4.42 Å². The fourth-order valence-electron chi connectivity index (χ4n) is 2.68. The molecule has 0 radical (unpaired) electrons. The minimum atomic E-state index is 0.576. The van der Waals surface area contributed by atoms with E-state index in [2.05, 4.69) is 36.5 Å². The first-order valence-corrected chi connectivity index (χ1v) is 8.09. The summed E-state index contributed by atoms with van der Waals surface area (Å²) in [7, 11) is 0. The lowest BCUT2D eigenvalue weighted by molar-refractivity contribution is 0.518. The molecular weight excluding hydrogens is 322 g/mol. The van der Waals surface area contributed by atoms with Crippen molar-refractivity contribution in [3.8, 4) is 11.3 Å². The molecule has 0 saturated heterocycles. The Kier molecular flexibility index (Phi) is 3.75. The SMILES string of the molecule is Cc1ccc(-c2nc3ccc(Cl)cn3c2NCc2ccco2)cc1. The molecule has 24 heavy (non-hydrogen) atoms. The number of nitrogens with zero attached hydrogens (tertiary/aromatic N) is 2. The first-order valence-electron chi connectivity index (χ1n) is 7.71.